The third kappa shape index (κ3) is 16.0. The van der Waals surface area contributed by atoms with Gasteiger partial charge < -0.3 is 29.3 Å². The number of esters is 1. The Morgan fingerprint density at radius 2 is 1.49 bits per heavy atom. The zero-order chi connectivity index (χ0) is 45.8. The highest BCUT2D eigenvalue weighted by molar-refractivity contribution is 7.86. The SMILES string of the molecule is Cc1ccc(S(=O)(=O)OCCOc2ccc(C#Cc3cncc(C(CC(=O)OC(C)(C)C)NC(=O)C4CCCN(C(=O)CCC5CCN(C(=O)OC(C)(C)C)CC5)C4)c3)cc2)cc1. The number of piperidine rings is 2. The van der Waals surface area contributed by atoms with E-state index in [1.165, 1.54) is 12.1 Å². The van der Waals surface area contributed by atoms with Crippen LogP contribution in [0.15, 0.2) is 71.9 Å². The average molecular weight is 887 g/mol. The fourth-order valence-corrected chi connectivity index (χ4v) is 8.19. The van der Waals surface area contributed by atoms with Gasteiger partial charge in [-0.2, -0.15) is 8.42 Å². The number of amides is 3. The molecular weight excluding hydrogens is 825 g/mol. The fourth-order valence-electron chi connectivity index (χ4n) is 7.30. The molecule has 0 aliphatic carbocycles. The maximum Gasteiger partial charge on any atom is 0.410 e. The second-order valence-corrected chi connectivity index (χ2v) is 19.8. The number of hydrogen-bond acceptors (Lipinski definition) is 11. The Kier molecular flexibility index (Phi) is 16.8. The summed E-state index contributed by atoms with van der Waals surface area (Å²) in [5.74, 6) is 5.87. The first-order chi connectivity index (χ1) is 29.7. The van der Waals surface area contributed by atoms with Gasteiger partial charge in [0.15, 0.2) is 0 Å². The highest BCUT2D eigenvalue weighted by Crippen LogP contribution is 2.27. The number of carbonyl (C=O) groups excluding carboxylic acids is 4. The van der Waals surface area contributed by atoms with Crippen molar-refractivity contribution in [2.45, 2.75) is 116 Å². The molecule has 2 fully saturated rings. The van der Waals surface area contributed by atoms with Crippen LogP contribution in [0.2, 0.25) is 0 Å². The lowest BCUT2D eigenvalue weighted by molar-refractivity contribution is -0.155. The van der Waals surface area contributed by atoms with Crippen molar-refractivity contribution < 1.29 is 46.0 Å². The molecule has 0 bridgehead atoms. The van der Waals surface area contributed by atoms with Crippen molar-refractivity contribution in [2.24, 2.45) is 11.8 Å². The number of carbonyl (C=O) groups is 4. The van der Waals surface area contributed by atoms with Crippen LogP contribution in [0.1, 0.15) is 115 Å². The van der Waals surface area contributed by atoms with Crippen molar-refractivity contribution in [3.63, 3.8) is 0 Å². The number of ether oxygens (including phenoxy) is 3. The summed E-state index contributed by atoms with van der Waals surface area (Å²) >= 11 is 0. The Bertz CT molecular complexity index is 2210. The Morgan fingerprint density at radius 3 is 2.16 bits per heavy atom. The van der Waals surface area contributed by atoms with E-state index in [-0.39, 0.29) is 49.0 Å². The summed E-state index contributed by atoms with van der Waals surface area (Å²) in [6.45, 7) is 14.7. The van der Waals surface area contributed by atoms with Gasteiger partial charge in [-0.3, -0.25) is 23.6 Å². The molecule has 340 valence electrons. The second-order valence-electron chi connectivity index (χ2n) is 18.2. The molecule has 5 rings (SSSR count). The third-order valence-electron chi connectivity index (χ3n) is 10.6. The van der Waals surface area contributed by atoms with Crippen molar-refractivity contribution in [3.05, 3.63) is 89.2 Å². The number of rotatable bonds is 14. The molecule has 2 aliphatic heterocycles. The first-order valence-corrected chi connectivity index (χ1v) is 23.1. The zero-order valence-corrected chi connectivity index (χ0v) is 38.4. The molecule has 0 spiro atoms. The van der Waals surface area contributed by atoms with Crippen LogP contribution in [0.5, 0.6) is 5.75 Å². The van der Waals surface area contributed by atoms with Crippen molar-refractivity contribution in [2.75, 3.05) is 39.4 Å². The van der Waals surface area contributed by atoms with Crippen LogP contribution in [0.25, 0.3) is 0 Å². The van der Waals surface area contributed by atoms with E-state index < -0.39 is 39.2 Å². The predicted molar refractivity (Wildman–Crippen MR) is 237 cm³/mol. The number of aryl methyl sites for hydroxylation is 1. The Morgan fingerprint density at radius 1 is 0.825 bits per heavy atom. The Hall–Kier alpha value is -5.46. The first-order valence-electron chi connectivity index (χ1n) is 21.7. The standard InChI is InChI=1S/C48H62N4O10S/c1-34-10-19-41(20-11-34)63(57,58)60-28-27-59-40-17-14-35(15-18-40)12-13-37-29-39(32-49-31-37)42(30-44(54)61-47(2,3)4)50-45(55)38-9-8-24-52(33-38)43(53)21-16-36-22-25-51(26-23-36)46(56)62-48(5,6)7/h10-11,14-15,17-20,29,31-32,36,38,42H,8-9,16,21-28,30,33H2,1-7H3,(H,50,55). The highest BCUT2D eigenvalue weighted by Gasteiger charge is 2.32. The van der Waals surface area contributed by atoms with Crippen molar-refractivity contribution in [1.82, 2.24) is 20.1 Å². The van der Waals surface area contributed by atoms with Crippen LogP contribution in [-0.4, -0.2) is 97.7 Å². The monoisotopic (exact) mass is 886 g/mol. The van der Waals surface area contributed by atoms with Gasteiger partial charge in [0.1, 0.15) is 30.2 Å². The normalized spacial score (nSPS) is 16.6. The lowest BCUT2D eigenvalue weighted by Crippen LogP contribution is -2.46. The van der Waals surface area contributed by atoms with Gasteiger partial charge >= 0.3 is 12.1 Å². The van der Waals surface area contributed by atoms with E-state index in [1.807, 2.05) is 27.7 Å². The van der Waals surface area contributed by atoms with E-state index >= 15 is 0 Å². The largest absolute Gasteiger partial charge is 0.491 e. The minimum absolute atomic E-state index is 0.0156. The summed E-state index contributed by atoms with van der Waals surface area (Å²) in [6, 6.07) is 14.4. The molecule has 0 saturated carbocycles. The number of nitrogens with zero attached hydrogens (tertiary/aromatic N) is 3. The minimum Gasteiger partial charge on any atom is -0.491 e. The molecule has 2 saturated heterocycles. The van der Waals surface area contributed by atoms with E-state index in [0.29, 0.717) is 67.3 Å². The third-order valence-corrected chi connectivity index (χ3v) is 11.9. The van der Waals surface area contributed by atoms with E-state index in [4.69, 9.17) is 18.4 Å². The van der Waals surface area contributed by atoms with Gasteiger partial charge in [-0.25, -0.2) is 4.79 Å². The molecular formula is C48H62N4O10S. The number of hydrogen-bond donors (Lipinski definition) is 1. The van der Waals surface area contributed by atoms with Gasteiger partial charge in [0.2, 0.25) is 11.8 Å². The molecule has 3 amide bonds. The van der Waals surface area contributed by atoms with Gasteiger partial charge in [0, 0.05) is 56.1 Å². The van der Waals surface area contributed by atoms with Gasteiger partial charge in [0.25, 0.3) is 10.1 Å². The molecule has 1 N–H and O–H groups in total. The van der Waals surface area contributed by atoms with Crippen LogP contribution >= 0.6 is 0 Å². The first kappa shape index (κ1) is 48.6. The van der Waals surface area contributed by atoms with Gasteiger partial charge in [-0.05, 0) is 135 Å². The Labute approximate surface area is 372 Å². The number of pyridine rings is 1. The van der Waals surface area contributed by atoms with Crippen LogP contribution in [-0.2, 0) is 38.2 Å². The second kappa shape index (κ2) is 21.8. The fraction of sp³-hybridized carbons (Fsp3) is 0.521. The lowest BCUT2D eigenvalue weighted by atomic mass is 9.91. The summed E-state index contributed by atoms with van der Waals surface area (Å²) in [5, 5.41) is 3.07. The van der Waals surface area contributed by atoms with Crippen LogP contribution in [0.4, 0.5) is 4.79 Å². The molecule has 2 unspecified atom stereocenters. The zero-order valence-electron chi connectivity index (χ0n) is 37.6. The summed E-state index contributed by atoms with van der Waals surface area (Å²) in [4.78, 5) is 60.9. The van der Waals surface area contributed by atoms with E-state index in [9.17, 15) is 27.6 Å². The van der Waals surface area contributed by atoms with Gasteiger partial charge in [0.05, 0.1) is 23.3 Å². The molecule has 3 heterocycles. The highest BCUT2D eigenvalue weighted by atomic mass is 32.2. The topological polar surface area (TPSA) is 171 Å². The van der Waals surface area contributed by atoms with Crippen molar-refractivity contribution in [1.29, 1.82) is 0 Å². The Balaban J connectivity index is 1.15. The predicted octanol–water partition coefficient (Wildman–Crippen LogP) is 7.13. The lowest BCUT2D eigenvalue weighted by Gasteiger charge is -2.35. The van der Waals surface area contributed by atoms with Crippen molar-refractivity contribution >= 4 is 34.0 Å². The van der Waals surface area contributed by atoms with Crippen LogP contribution in [0, 0.1) is 30.6 Å². The molecule has 0 radical (unpaired) electrons. The molecule has 1 aromatic heterocycles. The average Bonchev–Trinajstić information content (AvgIpc) is 3.23. The molecule has 2 aromatic carbocycles. The van der Waals surface area contributed by atoms with E-state index in [1.54, 1.807) is 85.4 Å². The van der Waals surface area contributed by atoms with E-state index in [0.717, 1.165) is 24.8 Å². The summed E-state index contributed by atoms with van der Waals surface area (Å²) in [6.07, 6.45) is 6.77. The number of benzene rings is 2. The molecule has 14 nitrogen and oxygen atoms in total. The molecule has 2 aliphatic rings. The molecule has 63 heavy (non-hydrogen) atoms. The maximum absolute atomic E-state index is 13.9. The molecule has 2 atom stereocenters. The summed E-state index contributed by atoms with van der Waals surface area (Å²) in [5.41, 5.74) is 1.50. The minimum atomic E-state index is -3.89. The number of aromatic nitrogens is 1. The number of likely N-dealkylation sites (tertiary alicyclic amines) is 2. The maximum atomic E-state index is 13.9. The summed E-state index contributed by atoms with van der Waals surface area (Å²) in [7, 11) is -3.89. The van der Waals surface area contributed by atoms with Gasteiger partial charge in [-0.15, -0.1) is 0 Å². The summed E-state index contributed by atoms with van der Waals surface area (Å²) < 4.78 is 46.8. The quantitative estimate of drug-likeness (QED) is 0.0756. The van der Waals surface area contributed by atoms with Crippen LogP contribution < -0.4 is 10.1 Å². The van der Waals surface area contributed by atoms with Crippen LogP contribution in [0.3, 0.4) is 0 Å². The molecule has 3 aromatic rings. The molecule has 15 heteroatoms. The van der Waals surface area contributed by atoms with Gasteiger partial charge in [-0.1, -0.05) is 29.5 Å². The number of nitrogens with one attached hydrogen (secondary N) is 1. The smallest absolute Gasteiger partial charge is 0.410 e. The van der Waals surface area contributed by atoms with Crippen molar-refractivity contribution in [3.8, 4) is 17.6 Å². The van der Waals surface area contributed by atoms with E-state index in [2.05, 4.69) is 22.1 Å².